The Labute approximate surface area is 150 Å². The third-order valence-corrected chi connectivity index (χ3v) is 6.50. The van der Waals surface area contributed by atoms with Crippen LogP contribution in [0.2, 0.25) is 0 Å². The second-order valence-corrected chi connectivity index (χ2v) is 9.41. The molecule has 0 aromatic heterocycles. The minimum Gasteiger partial charge on any atom is -0.350 e. The predicted octanol–water partition coefficient (Wildman–Crippen LogP) is 1.51. The van der Waals surface area contributed by atoms with Gasteiger partial charge in [-0.3, -0.25) is 4.79 Å². The summed E-state index contributed by atoms with van der Waals surface area (Å²) in [6, 6.07) is 6.54. The van der Waals surface area contributed by atoms with Crippen LogP contribution in [0.25, 0.3) is 0 Å². The number of rotatable bonds is 5. The second kappa shape index (κ2) is 7.05. The maximum Gasteiger partial charge on any atom is 0.238 e. The van der Waals surface area contributed by atoms with Crippen molar-refractivity contribution in [3.63, 3.8) is 0 Å². The van der Waals surface area contributed by atoms with Crippen LogP contribution in [0.3, 0.4) is 0 Å². The van der Waals surface area contributed by atoms with Crippen LogP contribution in [-0.4, -0.2) is 33.0 Å². The van der Waals surface area contributed by atoms with Crippen molar-refractivity contribution in [2.75, 3.05) is 13.1 Å². The lowest BCUT2D eigenvalue weighted by Gasteiger charge is -2.43. The van der Waals surface area contributed by atoms with Crippen LogP contribution in [0.4, 0.5) is 0 Å². The molecule has 1 saturated heterocycles. The van der Waals surface area contributed by atoms with Crippen molar-refractivity contribution < 1.29 is 13.2 Å². The first kappa shape index (κ1) is 19.9. The maximum absolute atomic E-state index is 12.6. The molecule has 1 amide bonds. The Kier molecular flexibility index (Phi) is 5.61. The van der Waals surface area contributed by atoms with E-state index in [0.29, 0.717) is 6.54 Å². The van der Waals surface area contributed by atoms with E-state index in [2.05, 4.69) is 10.6 Å². The molecule has 4 N–H and O–H groups in total. The van der Waals surface area contributed by atoms with E-state index in [1.54, 1.807) is 12.1 Å². The lowest BCUT2D eigenvalue weighted by molar-refractivity contribution is -0.127. The molecule has 1 aromatic rings. The molecule has 6 nitrogen and oxygen atoms in total. The van der Waals surface area contributed by atoms with E-state index in [9.17, 15) is 13.2 Å². The van der Waals surface area contributed by atoms with Gasteiger partial charge >= 0.3 is 0 Å². The number of piperidine rings is 1. The van der Waals surface area contributed by atoms with Crippen LogP contribution in [-0.2, 0) is 20.2 Å². The van der Waals surface area contributed by atoms with Gasteiger partial charge in [-0.05, 0) is 50.9 Å². The summed E-state index contributed by atoms with van der Waals surface area (Å²) >= 11 is 0. The Balaban J connectivity index is 2.19. The van der Waals surface area contributed by atoms with Gasteiger partial charge in [-0.1, -0.05) is 26.0 Å². The molecule has 1 unspecified atom stereocenters. The first-order valence-corrected chi connectivity index (χ1v) is 10.2. The summed E-state index contributed by atoms with van der Waals surface area (Å²) in [6.07, 6.45) is 1.91. The average molecular weight is 368 g/mol. The standard InChI is InChI=1S/C18H29N3O3S/c1-17(2,14-7-9-15(10-8-14)25(19,23)24)18(3,4)21-16(22)13-6-5-11-20-12-13/h7-10,13,20H,5-6,11-12H2,1-4H3,(H,21,22)(H2,19,23,24). The summed E-state index contributed by atoms with van der Waals surface area (Å²) in [7, 11) is -3.71. The summed E-state index contributed by atoms with van der Waals surface area (Å²) in [5, 5.41) is 11.6. The molecule has 7 heteroatoms. The molecule has 0 bridgehead atoms. The highest BCUT2D eigenvalue weighted by atomic mass is 32.2. The van der Waals surface area contributed by atoms with Crippen molar-refractivity contribution in [1.82, 2.24) is 10.6 Å². The third kappa shape index (κ3) is 4.40. The molecular formula is C18H29N3O3S. The van der Waals surface area contributed by atoms with Crippen LogP contribution in [0.1, 0.15) is 46.1 Å². The summed E-state index contributed by atoms with van der Waals surface area (Å²) in [4.78, 5) is 12.7. The average Bonchev–Trinajstić information content (AvgIpc) is 2.54. The number of carbonyl (C=O) groups excluding carboxylic acids is 1. The van der Waals surface area contributed by atoms with Crippen LogP contribution in [0, 0.1) is 5.92 Å². The summed E-state index contributed by atoms with van der Waals surface area (Å²) in [6.45, 7) is 9.75. The summed E-state index contributed by atoms with van der Waals surface area (Å²) < 4.78 is 22.9. The van der Waals surface area contributed by atoms with Gasteiger partial charge in [0, 0.05) is 17.5 Å². The fraction of sp³-hybridized carbons (Fsp3) is 0.611. The van der Waals surface area contributed by atoms with Gasteiger partial charge in [0.1, 0.15) is 0 Å². The Morgan fingerprint density at radius 2 is 1.80 bits per heavy atom. The van der Waals surface area contributed by atoms with Crippen molar-refractivity contribution in [1.29, 1.82) is 0 Å². The zero-order valence-corrected chi connectivity index (χ0v) is 16.2. The van der Waals surface area contributed by atoms with E-state index < -0.39 is 21.0 Å². The van der Waals surface area contributed by atoms with Crippen molar-refractivity contribution in [2.24, 2.45) is 11.1 Å². The molecule has 25 heavy (non-hydrogen) atoms. The first-order chi connectivity index (χ1) is 11.4. The van der Waals surface area contributed by atoms with Crippen LogP contribution < -0.4 is 15.8 Å². The van der Waals surface area contributed by atoms with Gasteiger partial charge in [-0.25, -0.2) is 13.6 Å². The minimum atomic E-state index is -3.71. The van der Waals surface area contributed by atoms with Crippen molar-refractivity contribution in [3.8, 4) is 0 Å². The lowest BCUT2D eigenvalue weighted by atomic mass is 9.69. The van der Waals surface area contributed by atoms with Gasteiger partial charge in [0.15, 0.2) is 0 Å². The molecule has 2 rings (SSSR count). The smallest absolute Gasteiger partial charge is 0.238 e. The normalized spacial score (nSPS) is 19.5. The van der Waals surface area contributed by atoms with Gasteiger partial charge in [-0.2, -0.15) is 0 Å². The number of nitrogens with two attached hydrogens (primary N) is 1. The quantitative estimate of drug-likeness (QED) is 0.734. The fourth-order valence-corrected chi connectivity index (χ4v) is 3.58. The number of nitrogens with one attached hydrogen (secondary N) is 2. The van der Waals surface area contributed by atoms with Gasteiger partial charge in [-0.15, -0.1) is 0 Å². The molecule has 1 fully saturated rings. The largest absolute Gasteiger partial charge is 0.350 e. The Morgan fingerprint density at radius 1 is 1.20 bits per heavy atom. The van der Waals surface area contributed by atoms with Crippen molar-refractivity contribution in [3.05, 3.63) is 29.8 Å². The maximum atomic E-state index is 12.6. The molecule has 1 atom stereocenters. The van der Waals surface area contributed by atoms with E-state index >= 15 is 0 Å². The molecule has 0 aliphatic carbocycles. The third-order valence-electron chi connectivity index (χ3n) is 5.57. The molecule has 1 aliphatic heterocycles. The van der Waals surface area contributed by atoms with E-state index in [4.69, 9.17) is 5.14 Å². The highest BCUT2D eigenvalue weighted by Crippen LogP contribution is 2.35. The Hall–Kier alpha value is -1.44. The SMILES string of the molecule is CC(C)(NC(=O)C1CCCNC1)C(C)(C)c1ccc(S(N)(=O)=O)cc1. The summed E-state index contributed by atoms with van der Waals surface area (Å²) in [5.41, 5.74) is 0.0266. The Morgan fingerprint density at radius 3 is 2.28 bits per heavy atom. The number of amides is 1. The fourth-order valence-electron chi connectivity index (χ4n) is 3.06. The van der Waals surface area contributed by atoms with Crippen molar-refractivity contribution >= 4 is 15.9 Å². The van der Waals surface area contributed by atoms with Gasteiger partial charge in [0.2, 0.25) is 15.9 Å². The zero-order chi connectivity index (χ0) is 18.9. The number of benzene rings is 1. The second-order valence-electron chi connectivity index (χ2n) is 7.85. The lowest BCUT2D eigenvalue weighted by Crippen LogP contribution is -2.58. The number of primary sulfonamides is 1. The van der Waals surface area contributed by atoms with Crippen LogP contribution in [0.15, 0.2) is 29.2 Å². The van der Waals surface area contributed by atoms with Gasteiger partial charge < -0.3 is 10.6 Å². The highest BCUT2D eigenvalue weighted by molar-refractivity contribution is 7.89. The van der Waals surface area contributed by atoms with Gasteiger partial charge in [0.25, 0.3) is 0 Å². The molecule has 1 heterocycles. The van der Waals surface area contributed by atoms with Crippen LogP contribution >= 0.6 is 0 Å². The highest BCUT2D eigenvalue weighted by Gasteiger charge is 2.40. The number of sulfonamides is 1. The number of carbonyl (C=O) groups is 1. The molecule has 1 aliphatic rings. The zero-order valence-electron chi connectivity index (χ0n) is 15.4. The van der Waals surface area contributed by atoms with E-state index in [-0.39, 0.29) is 16.7 Å². The Bertz CT molecular complexity index is 718. The van der Waals surface area contributed by atoms with E-state index in [1.807, 2.05) is 27.7 Å². The first-order valence-electron chi connectivity index (χ1n) is 8.61. The molecule has 1 aromatic carbocycles. The van der Waals surface area contributed by atoms with Crippen molar-refractivity contribution in [2.45, 2.75) is 56.4 Å². The van der Waals surface area contributed by atoms with E-state index in [0.717, 1.165) is 24.9 Å². The molecule has 0 spiro atoms. The van der Waals surface area contributed by atoms with E-state index in [1.165, 1.54) is 12.1 Å². The predicted molar refractivity (Wildman–Crippen MR) is 98.7 cm³/mol. The topological polar surface area (TPSA) is 101 Å². The monoisotopic (exact) mass is 367 g/mol. The van der Waals surface area contributed by atoms with Crippen LogP contribution in [0.5, 0.6) is 0 Å². The number of hydrogen-bond donors (Lipinski definition) is 3. The molecule has 0 radical (unpaired) electrons. The minimum absolute atomic E-state index is 0.00594. The molecule has 140 valence electrons. The summed E-state index contributed by atoms with van der Waals surface area (Å²) in [5.74, 6) is 0.0556. The van der Waals surface area contributed by atoms with Gasteiger partial charge in [0.05, 0.1) is 10.8 Å². The molecular weight excluding hydrogens is 338 g/mol. The number of hydrogen-bond acceptors (Lipinski definition) is 4. The molecule has 0 saturated carbocycles.